The standard InChI is InChI=1S/C17H21NO3S/c19-15(8-10-22-14-6-2-1-3-7-14)18-11-13-5-4-9-17(13,12-18)16(20)21/h1-3,6-7,13H,4-5,8-12H2,(H,20,21)/t13-,17+/m0/s1. The van der Waals surface area contributed by atoms with Gasteiger partial charge in [-0.15, -0.1) is 11.8 Å². The van der Waals surface area contributed by atoms with Crippen LogP contribution in [0.4, 0.5) is 0 Å². The lowest BCUT2D eigenvalue weighted by molar-refractivity contribution is -0.149. The zero-order valence-corrected chi connectivity index (χ0v) is 13.3. The number of hydrogen-bond donors (Lipinski definition) is 1. The van der Waals surface area contributed by atoms with Crippen LogP contribution in [0.1, 0.15) is 25.7 Å². The van der Waals surface area contributed by atoms with Crippen molar-refractivity contribution in [1.29, 1.82) is 0 Å². The molecule has 0 radical (unpaired) electrons. The highest BCUT2D eigenvalue weighted by atomic mass is 32.2. The number of likely N-dealkylation sites (tertiary alicyclic amines) is 1. The van der Waals surface area contributed by atoms with Crippen LogP contribution >= 0.6 is 11.8 Å². The number of thioether (sulfide) groups is 1. The average Bonchev–Trinajstić information content (AvgIpc) is 3.06. The number of carboxylic acids is 1. The summed E-state index contributed by atoms with van der Waals surface area (Å²) in [7, 11) is 0. The third kappa shape index (κ3) is 2.86. The van der Waals surface area contributed by atoms with Crippen molar-refractivity contribution in [2.45, 2.75) is 30.6 Å². The molecule has 1 aromatic rings. The van der Waals surface area contributed by atoms with Crippen molar-refractivity contribution in [2.24, 2.45) is 11.3 Å². The fourth-order valence-electron chi connectivity index (χ4n) is 3.76. The first-order chi connectivity index (χ1) is 10.6. The number of carbonyl (C=O) groups is 2. The highest BCUT2D eigenvalue weighted by Gasteiger charge is 2.55. The van der Waals surface area contributed by atoms with E-state index in [-0.39, 0.29) is 11.8 Å². The van der Waals surface area contributed by atoms with Gasteiger partial charge in [0.05, 0.1) is 5.41 Å². The van der Waals surface area contributed by atoms with Crippen molar-refractivity contribution in [3.8, 4) is 0 Å². The molecule has 1 amide bonds. The Hall–Kier alpha value is -1.49. The molecule has 0 unspecified atom stereocenters. The second kappa shape index (κ2) is 6.32. The van der Waals surface area contributed by atoms with Crippen molar-refractivity contribution in [3.63, 3.8) is 0 Å². The molecule has 0 aromatic heterocycles. The van der Waals surface area contributed by atoms with E-state index in [0.717, 1.165) is 29.9 Å². The summed E-state index contributed by atoms with van der Waals surface area (Å²) in [4.78, 5) is 26.9. The Morgan fingerprint density at radius 1 is 1.32 bits per heavy atom. The van der Waals surface area contributed by atoms with Gasteiger partial charge in [-0.1, -0.05) is 24.6 Å². The highest BCUT2D eigenvalue weighted by molar-refractivity contribution is 7.99. The fraction of sp³-hybridized carbons (Fsp3) is 0.529. The van der Waals surface area contributed by atoms with Crippen molar-refractivity contribution in [2.75, 3.05) is 18.8 Å². The van der Waals surface area contributed by atoms with Gasteiger partial charge in [-0.25, -0.2) is 0 Å². The summed E-state index contributed by atoms with van der Waals surface area (Å²) in [6.45, 7) is 1.03. The molecule has 1 aliphatic heterocycles. The molecule has 1 aromatic carbocycles. The van der Waals surface area contributed by atoms with Crippen molar-refractivity contribution >= 4 is 23.6 Å². The summed E-state index contributed by atoms with van der Waals surface area (Å²) in [5.74, 6) is 0.266. The Balaban J connectivity index is 1.53. The van der Waals surface area contributed by atoms with Crippen LogP contribution in [0.3, 0.4) is 0 Å². The van der Waals surface area contributed by atoms with Crippen molar-refractivity contribution < 1.29 is 14.7 Å². The van der Waals surface area contributed by atoms with Crippen LogP contribution in [0.25, 0.3) is 0 Å². The second-order valence-corrected chi connectivity index (χ2v) is 7.40. The Kier molecular flexibility index (Phi) is 4.43. The first kappa shape index (κ1) is 15.4. The van der Waals surface area contributed by atoms with Gasteiger partial charge in [-0.05, 0) is 30.9 Å². The summed E-state index contributed by atoms with van der Waals surface area (Å²) in [6.07, 6.45) is 3.11. The molecule has 2 fully saturated rings. The lowest BCUT2D eigenvalue weighted by Crippen LogP contribution is -2.37. The maximum absolute atomic E-state index is 12.4. The van der Waals surface area contributed by atoms with Gasteiger partial charge in [0.15, 0.2) is 0 Å². The van der Waals surface area contributed by atoms with Crippen LogP contribution in [-0.4, -0.2) is 40.7 Å². The van der Waals surface area contributed by atoms with E-state index in [1.54, 1.807) is 16.7 Å². The average molecular weight is 319 g/mol. The largest absolute Gasteiger partial charge is 0.481 e. The van der Waals surface area contributed by atoms with E-state index in [1.165, 1.54) is 0 Å². The lowest BCUT2D eigenvalue weighted by Gasteiger charge is -2.23. The van der Waals surface area contributed by atoms with E-state index in [9.17, 15) is 14.7 Å². The molecule has 22 heavy (non-hydrogen) atoms. The van der Waals surface area contributed by atoms with Crippen LogP contribution in [0, 0.1) is 11.3 Å². The molecule has 1 aliphatic carbocycles. The third-order valence-electron chi connectivity index (χ3n) is 4.98. The van der Waals surface area contributed by atoms with E-state index in [0.29, 0.717) is 19.5 Å². The molecule has 1 N–H and O–H groups in total. The van der Waals surface area contributed by atoms with E-state index in [1.807, 2.05) is 30.3 Å². The van der Waals surface area contributed by atoms with E-state index >= 15 is 0 Å². The molecule has 1 saturated carbocycles. The van der Waals surface area contributed by atoms with Gasteiger partial charge < -0.3 is 10.0 Å². The molecule has 5 heteroatoms. The zero-order chi connectivity index (χ0) is 15.6. The van der Waals surface area contributed by atoms with Gasteiger partial charge >= 0.3 is 5.97 Å². The van der Waals surface area contributed by atoms with Gasteiger partial charge in [-0.2, -0.15) is 0 Å². The Morgan fingerprint density at radius 2 is 2.09 bits per heavy atom. The summed E-state index contributed by atoms with van der Waals surface area (Å²) in [5.41, 5.74) is -0.664. The van der Waals surface area contributed by atoms with Crippen molar-refractivity contribution in [1.82, 2.24) is 4.90 Å². The molecule has 1 saturated heterocycles. The Bertz CT molecular complexity index is 562. The van der Waals surface area contributed by atoms with Gasteiger partial charge in [-0.3, -0.25) is 9.59 Å². The van der Waals surface area contributed by atoms with E-state index < -0.39 is 11.4 Å². The molecule has 4 nitrogen and oxygen atoms in total. The van der Waals surface area contributed by atoms with Crippen LogP contribution in [0.15, 0.2) is 35.2 Å². The van der Waals surface area contributed by atoms with Gasteiger partial charge in [0.1, 0.15) is 0 Å². The summed E-state index contributed by atoms with van der Waals surface area (Å²) < 4.78 is 0. The topological polar surface area (TPSA) is 57.6 Å². The number of nitrogens with zero attached hydrogens (tertiary/aromatic N) is 1. The molecular weight excluding hydrogens is 298 g/mol. The third-order valence-corrected chi connectivity index (χ3v) is 5.99. The summed E-state index contributed by atoms with van der Waals surface area (Å²) >= 11 is 1.67. The molecule has 2 atom stereocenters. The minimum absolute atomic E-state index is 0.0958. The normalized spacial score (nSPS) is 26.9. The number of aliphatic carboxylic acids is 1. The molecule has 3 rings (SSSR count). The maximum atomic E-state index is 12.4. The van der Waals surface area contributed by atoms with E-state index in [4.69, 9.17) is 0 Å². The van der Waals surface area contributed by atoms with E-state index in [2.05, 4.69) is 0 Å². The number of rotatable bonds is 5. The highest BCUT2D eigenvalue weighted by Crippen LogP contribution is 2.49. The molecule has 1 heterocycles. The van der Waals surface area contributed by atoms with Crippen LogP contribution in [0.5, 0.6) is 0 Å². The predicted octanol–water partition coefficient (Wildman–Crippen LogP) is 2.88. The minimum Gasteiger partial charge on any atom is -0.481 e. The minimum atomic E-state index is -0.719. The van der Waals surface area contributed by atoms with Gasteiger partial charge in [0.25, 0.3) is 0 Å². The number of fused-ring (bicyclic) bond motifs is 1. The van der Waals surface area contributed by atoms with Gasteiger partial charge in [0, 0.05) is 30.2 Å². The molecule has 118 valence electrons. The lowest BCUT2D eigenvalue weighted by atomic mass is 9.81. The van der Waals surface area contributed by atoms with Crippen LogP contribution in [-0.2, 0) is 9.59 Å². The maximum Gasteiger partial charge on any atom is 0.311 e. The van der Waals surface area contributed by atoms with Gasteiger partial charge in [0.2, 0.25) is 5.91 Å². The summed E-state index contributed by atoms with van der Waals surface area (Å²) in [5, 5.41) is 9.56. The number of carbonyl (C=O) groups excluding carboxylic acids is 1. The Labute approximate surface area is 134 Å². The Morgan fingerprint density at radius 3 is 2.77 bits per heavy atom. The first-order valence-corrected chi connectivity index (χ1v) is 8.79. The number of amides is 1. The summed E-state index contributed by atoms with van der Waals surface area (Å²) in [6, 6.07) is 10.0. The molecular formula is C17H21NO3S. The quantitative estimate of drug-likeness (QED) is 0.848. The molecule has 0 bridgehead atoms. The van der Waals surface area contributed by atoms with Crippen LogP contribution < -0.4 is 0 Å². The van der Waals surface area contributed by atoms with Crippen molar-refractivity contribution in [3.05, 3.63) is 30.3 Å². The first-order valence-electron chi connectivity index (χ1n) is 7.81. The smallest absolute Gasteiger partial charge is 0.311 e. The SMILES string of the molecule is O=C(CCSc1ccccc1)N1C[C@@H]2CCC[C@@]2(C(=O)O)C1. The van der Waals surface area contributed by atoms with Crippen LogP contribution in [0.2, 0.25) is 0 Å². The number of hydrogen-bond acceptors (Lipinski definition) is 3. The second-order valence-electron chi connectivity index (χ2n) is 6.24. The molecule has 2 aliphatic rings. The monoisotopic (exact) mass is 319 g/mol. The zero-order valence-electron chi connectivity index (χ0n) is 12.5. The number of carboxylic acid groups (broad SMARTS) is 1. The fourth-order valence-corrected chi connectivity index (χ4v) is 4.62. The predicted molar refractivity (Wildman–Crippen MR) is 85.8 cm³/mol. The number of benzene rings is 1. The molecule has 0 spiro atoms.